The van der Waals surface area contributed by atoms with Gasteiger partial charge in [0.1, 0.15) is 11.5 Å². The lowest BCUT2D eigenvalue weighted by Crippen LogP contribution is -2.21. The number of amides is 1. The summed E-state index contributed by atoms with van der Waals surface area (Å²) in [5.74, 6) is 0.533. The Morgan fingerprint density at radius 3 is 2.86 bits per heavy atom. The van der Waals surface area contributed by atoms with Gasteiger partial charge < -0.3 is 20.3 Å². The highest BCUT2D eigenvalue weighted by Crippen LogP contribution is 2.35. The van der Waals surface area contributed by atoms with Gasteiger partial charge in [-0.3, -0.25) is 14.7 Å². The molecule has 1 unspecified atom stereocenters. The van der Waals surface area contributed by atoms with E-state index in [9.17, 15) is 9.59 Å². The first kappa shape index (κ1) is 18.9. The monoisotopic (exact) mass is 393 g/mol. The third-order valence-corrected chi connectivity index (χ3v) is 5.30. The number of fused-ring (bicyclic) bond motifs is 1. The fourth-order valence-electron chi connectivity index (χ4n) is 3.99. The highest BCUT2D eigenvalue weighted by molar-refractivity contribution is 5.76. The van der Waals surface area contributed by atoms with Crippen molar-refractivity contribution in [2.75, 3.05) is 13.7 Å². The molecule has 1 aliphatic heterocycles. The van der Waals surface area contributed by atoms with E-state index < -0.39 is 11.8 Å². The number of nitrogens with one attached hydrogen (secondary N) is 2. The molecule has 0 saturated carbocycles. The number of benzene rings is 2. The summed E-state index contributed by atoms with van der Waals surface area (Å²) in [6, 6.07) is 13.4. The maximum atomic E-state index is 12.7. The number of aromatic amines is 2. The van der Waals surface area contributed by atoms with E-state index in [-0.39, 0.29) is 12.0 Å². The molecule has 2 heterocycles. The standard InChI is InChI=1S/C22H23N3O4/c1-28-19-5-3-2-4-15(19)16(12-20(23)26)21-17(24-25-22(21)27)11-13-6-7-18-14(10-13)8-9-29-18/h2-7,10,16H,8-9,11-12H2,1H3,(H2,23,26)(H2,24,25,27). The smallest absolute Gasteiger partial charge is 0.267 e. The summed E-state index contributed by atoms with van der Waals surface area (Å²) in [7, 11) is 1.56. The number of aromatic nitrogens is 2. The van der Waals surface area contributed by atoms with E-state index >= 15 is 0 Å². The number of rotatable bonds is 7. The lowest BCUT2D eigenvalue weighted by atomic mass is 9.86. The summed E-state index contributed by atoms with van der Waals surface area (Å²) >= 11 is 0. The first-order chi connectivity index (χ1) is 14.1. The second-order valence-electron chi connectivity index (χ2n) is 7.15. The average Bonchev–Trinajstić information content (AvgIpc) is 3.32. The number of hydrogen-bond donors (Lipinski definition) is 3. The molecule has 4 rings (SSSR count). The molecule has 2 aromatic carbocycles. The Morgan fingerprint density at radius 2 is 2.07 bits per heavy atom. The van der Waals surface area contributed by atoms with Crippen LogP contribution in [0, 0.1) is 0 Å². The van der Waals surface area contributed by atoms with Crippen LogP contribution in [0.25, 0.3) is 0 Å². The molecule has 3 aromatic rings. The quantitative estimate of drug-likeness (QED) is 0.572. The van der Waals surface area contributed by atoms with E-state index in [0.717, 1.165) is 29.0 Å². The maximum Gasteiger partial charge on any atom is 0.267 e. The van der Waals surface area contributed by atoms with Crippen molar-refractivity contribution in [2.45, 2.75) is 25.2 Å². The lowest BCUT2D eigenvalue weighted by molar-refractivity contribution is -0.118. The Bertz CT molecular complexity index is 1100. The van der Waals surface area contributed by atoms with Gasteiger partial charge in [-0.25, -0.2) is 0 Å². The van der Waals surface area contributed by atoms with Crippen LogP contribution in [0.3, 0.4) is 0 Å². The minimum atomic E-state index is -0.508. The van der Waals surface area contributed by atoms with Gasteiger partial charge in [0.05, 0.1) is 13.7 Å². The Labute approximate surface area is 167 Å². The summed E-state index contributed by atoms with van der Waals surface area (Å²) in [4.78, 5) is 24.5. The van der Waals surface area contributed by atoms with Crippen molar-refractivity contribution in [2.24, 2.45) is 5.73 Å². The van der Waals surface area contributed by atoms with Crippen LogP contribution in [-0.4, -0.2) is 29.8 Å². The van der Waals surface area contributed by atoms with Crippen LogP contribution in [0.2, 0.25) is 0 Å². The molecule has 0 aliphatic carbocycles. The molecule has 0 spiro atoms. The zero-order valence-corrected chi connectivity index (χ0v) is 16.2. The van der Waals surface area contributed by atoms with Gasteiger partial charge in [-0.1, -0.05) is 30.3 Å². The third-order valence-electron chi connectivity index (χ3n) is 5.30. The Morgan fingerprint density at radius 1 is 1.24 bits per heavy atom. The molecular weight excluding hydrogens is 370 g/mol. The summed E-state index contributed by atoms with van der Waals surface area (Å²) in [6.45, 7) is 0.694. The van der Waals surface area contributed by atoms with Gasteiger partial charge >= 0.3 is 0 Å². The Balaban J connectivity index is 1.75. The van der Waals surface area contributed by atoms with Crippen molar-refractivity contribution in [3.8, 4) is 11.5 Å². The first-order valence-corrected chi connectivity index (χ1v) is 9.52. The van der Waals surface area contributed by atoms with Crippen LogP contribution >= 0.6 is 0 Å². The molecular formula is C22H23N3O4. The maximum absolute atomic E-state index is 12.7. The van der Waals surface area contributed by atoms with Crippen LogP contribution in [-0.2, 0) is 17.6 Å². The summed E-state index contributed by atoms with van der Waals surface area (Å²) < 4.78 is 11.0. The number of para-hydroxylation sites is 1. The largest absolute Gasteiger partial charge is 0.496 e. The number of hydrogen-bond acceptors (Lipinski definition) is 4. The number of H-pyrrole nitrogens is 2. The highest BCUT2D eigenvalue weighted by Gasteiger charge is 2.27. The predicted molar refractivity (Wildman–Crippen MR) is 109 cm³/mol. The topological polar surface area (TPSA) is 110 Å². The average molecular weight is 393 g/mol. The number of ether oxygens (including phenoxy) is 2. The van der Waals surface area contributed by atoms with Crippen LogP contribution in [0.5, 0.6) is 11.5 Å². The van der Waals surface area contributed by atoms with Crippen molar-refractivity contribution in [3.63, 3.8) is 0 Å². The van der Waals surface area contributed by atoms with Gasteiger partial charge in [0.25, 0.3) is 5.56 Å². The molecule has 0 radical (unpaired) electrons. The van der Waals surface area contributed by atoms with Gasteiger partial charge in [0, 0.05) is 42.0 Å². The van der Waals surface area contributed by atoms with Crippen molar-refractivity contribution in [1.29, 1.82) is 0 Å². The zero-order valence-electron chi connectivity index (χ0n) is 16.2. The molecule has 150 valence electrons. The molecule has 0 bridgehead atoms. The van der Waals surface area contributed by atoms with Crippen molar-refractivity contribution < 1.29 is 14.3 Å². The SMILES string of the molecule is COc1ccccc1C(CC(N)=O)c1c(Cc2ccc3c(c2)CCO3)[nH][nH]c1=O. The summed E-state index contributed by atoms with van der Waals surface area (Å²) in [6.07, 6.45) is 1.41. The lowest BCUT2D eigenvalue weighted by Gasteiger charge is -2.18. The van der Waals surface area contributed by atoms with Gasteiger partial charge in [-0.2, -0.15) is 0 Å². The molecule has 7 heteroatoms. The van der Waals surface area contributed by atoms with E-state index in [1.54, 1.807) is 7.11 Å². The second-order valence-corrected chi connectivity index (χ2v) is 7.15. The fourth-order valence-corrected chi connectivity index (χ4v) is 3.99. The Kier molecular flexibility index (Phi) is 5.12. The normalized spacial score (nSPS) is 13.6. The molecule has 1 atom stereocenters. The number of carbonyl (C=O) groups is 1. The molecule has 7 nitrogen and oxygen atoms in total. The Hall–Kier alpha value is -3.48. The van der Waals surface area contributed by atoms with E-state index in [2.05, 4.69) is 16.3 Å². The predicted octanol–water partition coefficient (Wildman–Crippen LogP) is 2.24. The van der Waals surface area contributed by atoms with E-state index in [0.29, 0.717) is 24.3 Å². The number of primary amides is 1. The zero-order chi connectivity index (χ0) is 20.4. The van der Waals surface area contributed by atoms with Gasteiger partial charge in [0.2, 0.25) is 5.91 Å². The minimum absolute atomic E-state index is 0.00628. The molecule has 4 N–H and O–H groups in total. The molecule has 0 saturated heterocycles. The van der Waals surface area contributed by atoms with E-state index in [1.165, 1.54) is 5.56 Å². The fraction of sp³-hybridized carbons (Fsp3) is 0.273. The van der Waals surface area contributed by atoms with Crippen LogP contribution in [0.4, 0.5) is 0 Å². The molecule has 1 amide bonds. The van der Waals surface area contributed by atoms with Gasteiger partial charge in [-0.05, 0) is 23.3 Å². The number of carbonyl (C=O) groups excluding carboxylic acids is 1. The van der Waals surface area contributed by atoms with E-state index in [1.807, 2.05) is 36.4 Å². The van der Waals surface area contributed by atoms with Crippen molar-refractivity contribution in [1.82, 2.24) is 10.2 Å². The van der Waals surface area contributed by atoms with Crippen LogP contribution in [0.15, 0.2) is 47.3 Å². The van der Waals surface area contributed by atoms with Gasteiger partial charge in [0.15, 0.2) is 0 Å². The minimum Gasteiger partial charge on any atom is -0.496 e. The van der Waals surface area contributed by atoms with Crippen molar-refractivity contribution in [3.05, 3.63) is 80.8 Å². The number of methoxy groups -OCH3 is 1. The van der Waals surface area contributed by atoms with Crippen LogP contribution in [0.1, 0.15) is 40.3 Å². The second kappa shape index (κ2) is 7.87. The molecule has 1 aliphatic rings. The summed E-state index contributed by atoms with van der Waals surface area (Å²) in [5.41, 5.74) is 9.47. The molecule has 29 heavy (non-hydrogen) atoms. The summed E-state index contributed by atoms with van der Waals surface area (Å²) in [5, 5.41) is 5.66. The van der Waals surface area contributed by atoms with E-state index in [4.69, 9.17) is 15.2 Å². The molecule has 0 fully saturated rings. The van der Waals surface area contributed by atoms with Gasteiger partial charge in [-0.15, -0.1) is 0 Å². The van der Waals surface area contributed by atoms with Crippen molar-refractivity contribution >= 4 is 5.91 Å². The first-order valence-electron chi connectivity index (χ1n) is 9.52. The highest BCUT2D eigenvalue weighted by atomic mass is 16.5. The number of nitrogens with two attached hydrogens (primary N) is 1. The molecule has 1 aromatic heterocycles. The van der Waals surface area contributed by atoms with Crippen LogP contribution < -0.4 is 20.8 Å². The third kappa shape index (κ3) is 3.76.